The summed E-state index contributed by atoms with van der Waals surface area (Å²) >= 11 is 0. The van der Waals surface area contributed by atoms with Gasteiger partial charge in [-0.05, 0) is 55.7 Å². The van der Waals surface area contributed by atoms with Crippen LogP contribution in [-0.4, -0.2) is 57.0 Å². The van der Waals surface area contributed by atoms with Crippen molar-refractivity contribution in [1.82, 2.24) is 14.5 Å². The van der Waals surface area contributed by atoms with Gasteiger partial charge in [0.2, 0.25) is 0 Å². The number of benzene rings is 2. The third-order valence-corrected chi connectivity index (χ3v) is 7.86. The number of ether oxygens (including phenoxy) is 1. The van der Waals surface area contributed by atoms with Crippen LogP contribution >= 0.6 is 0 Å². The number of aromatic nitrogens is 2. The predicted molar refractivity (Wildman–Crippen MR) is 135 cm³/mol. The minimum atomic E-state index is -0.726. The molecule has 1 fully saturated rings. The SMILES string of the molecule is COC(=O)N1CCc2ccc3c(nc(C4CCC(C(=O)O)CC4)n3[C@@H](CO)Cc3ccccc3)c2C1. The van der Waals surface area contributed by atoms with Gasteiger partial charge in [0.25, 0.3) is 0 Å². The molecule has 1 atom stereocenters. The second-order valence-corrected chi connectivity index (χ2v) is 9.97. The van der Waals surface area contributed by atoms with Crippen LogP contribution in [-0.2, 0) is 28.9 Å². The minimum absolute atomic E-state index is 0.0385. The van der Waals surface area contributed by atoms with E-state index in [4.69, 9.17) is 9.72 Å². The quantitative estimate of drug-likeness (QED) is 0.533. The number of amides is 1. The molecule has 2 heterocycles. The molecule has 0 unspecified atom stereocenters. The van der Waals surface area contributed by atoms with Gasteiger partial charge in [-0.1, -0.05) is 36.4 Å². The lowest BCUT2D eigenvalue weighted by molar-refractivity contribution is -0.142. The second-order valence-electron chi connectivity index (χ2n) is 9.97. The number of hydrogen-bond donors (Lipinski definition) is 2. The van der Waals surface area contributed by atoms with Crippen molar-refractivity contribution in [3.8, 4) is 0 Å². The first kappa shape index (κ1) is 24.3. The lowest BCUT2D eigenvalue weighted by atomic mass is 9.81. The van der Waals surface area contributed by atoms with Crippen LogP contribution < -0.4 is 0 Å². The van der Waals surface area contributed by atoms with Gasteiger partial charge in [-0.2, -0.15) is 0 Å². The van der Waals surface area contributed by atoms with E-state index in [1.54, 1.807) is 4.90 Å². The topological polar surface area (TPSA) is 105 Å². The molecule has 1 aliphatic carbocycles. The van der Waals surface area contributed by atoms with Crippen LogP contribution in [0.25, 0.3) is 11.0 Å². The van der Waals surface area contributed by atoms with Crippen molar-refractivity contribution in [2.45, 2.75) is 57.0 Å². The first-order valence-electron chi connectivity index (χ1n) is 12.7. The molecule has 0 saturated heterocycles. The first-order valence-corrected chi connectivity index (χ1v) is 12.7. The molecular weight excluding hydrogens is 458 g/mol. The van der Waals surface area contributed by atoms with Gasteiger partial charge in [-0.25, -0.2) is 9.78 Å². The van der Waals surface area contributed by atoms with E-state index in [0.29, 0.717) is 32.4 Å². The smallest absolute Gasteiger partial charge is 0.409 e. The van der Waals surface area contributed by atoms with Crippen LogP contribution in [0.15, 0.2) is 42.5 Å². The van der Waals surface area contributed by atoms with Gasteiger partial charge < -0.3 is 24.4 Å². The molecule has 5 rings (SSSR count). The van der Waals surface area contributed by atoms with Crippen LogP contribution in [0, 0.1) is 5.92 Å². The zero-order valence-electron chi connectivity index (χ0n) is 20.6. The Kier molecular flexibility index (Phi) is 6.96. The van der Waals surface area contributed by atoms with Crippen molar-refractivity contribution < 1.29 is 24.5 Å². The Labute approximate surface area is 210 Å². The van der Waals surface area contributed by atoms with E-state index in [1.807, 2.05) is 18.2 Å². The van der Waals surface area contributed by atoms with Crippen LogP contribution in [0.2, 0.25) is 0 Å². The molecule has 2 N–H and O–H groups in total. The number of nitrogens with zero attached hydrogens (tertiary/aromatic N) is 3. The number of fused-ring (bicyclic) bond motifs is 3. The van der Waals surface area contributed by atoms with Crippen molar-refractivity contribution in [2.24, 2.45) is 5.92 Å². The lowest BCUT2D eigenvalue weighted by Gasteiger charge is -2.29. The van der Waals surface area contributed by atoms with E-state index in [0.717, 1.165) is 47.2 Å². The summed E-state index contributed by atoms with van der Waals surface area (Å²) in [4.78, 5) is 30.7. The molecule has 1 aliphatic heterocycles. The summed E-state index contributed by atoms with van der Waals surface area (Å²) in [6.07, 6.45) is 3.80. The highest BCUT2D eigenvalue weighted by Crippen LogP contribution is 2.40. The van der Waals surface area contributed by atoms with Crippen molar-refractivity contribution in [1.29, 1.82) is 0 Å². The average Bonchev–Trinajstić information content (AvgIpc) is 3.31. The van der Waals surface area contributed by atoms with Gasteiger partial charge in [-0.3, -0.25) is 4.79 Å². The van der Waals surface area contributed by atoms with Gasteiger partial charge in [0.15, 0.2) is 0 Å². The van der Waals surface area contributed by atoms with Crippen LogP contribution in [0.3, 0.4) is 0 Å². The Morgan fingerprint density at radius 1 is 1.11 bits per heavy atom. The number of carboxylic acids is 1. The van der Waals surface area contributed by atoms with Gasteiger partial charge in [0.1, 0.15) is 5.82 Å². The van der Waals surface area contributed by atoms with E-state index in [-0.39, 0.29) is 30.6 Å². The van der Waals surface area contributed by atoms with Crippen molar-refractivity contribution in [3.05, 3.63) is 65.0 Å². The predicted octanol–water partition coefficient (Wildman–Crippen LogP) is 4.30. The molecule has 1 aromatic heterocycles. The zero-order chi connectivity index (χ0) is 25.2. The molecule has 0 bridgehead atoms. The number of aliphatic hydroxyl groups excluding tert-OH is 1. The van der Waals surface area contributed by atoms with Crippen LogP contribution in [0.4, 0.5) is 4.79 Å². The minimum Gasteiger partial charge on any atom is -0.481 e. The van der Waals surface area contributed by atoms with E-state index in [2.05, 4.69) is 28.8 Å². The molecule has 8 nitrogen and oxygen atoms in total. The van der Waals surface area contributed by atoms with E-state index in [1.165, 1.54) is 12.7 Å². The van der Waals surface area contributed by atoms with Crippen molar-refractivity contribution in [3.63, 3.8) is 0 Å². The van der Waals surface area contributed by atoms with Crippen LogP contribution in [0.1, 0.15) is 60.2 Å². The molecule has 8 heteroatoms. The standard InChI is InChI=1S/C28H33N3O5/c1-36-28(35)30-14-13-19-11-12-24-25(23(19)16-30)29-26(20-7-9-21(10-8-20)27(33)34)31(24)22(17-32)15-18-5-3-2-4-6-18/h2-6,11-12,20-22,32H,7-10,13-17H2,1H3,(H,33,34)/t20?,21?,22-/m1/s1. The maximum absolute atomic E-state index is 12.3. The van der Waals surface area contributed by atoms with Gasteiger partial charge in [-0.15, -0.1) is 0 Å². The number of carbonyl (C=O) groups is 2. The number of carbonyl (C=O) groups excluding carboxylic acids is 1. The monoisotopic (exact) mass is 491 g/mol. The average molecular weight is 492 g/mol. The summed E-state index contributed by atoms with van der Waals surface area (Å²) < 4.78 is 7.16. The van der Waals surface area contributed by atoms with E-state index >= 15 is 0 Å². The first-order chi connectivity index (χ1) is 17.5. The molecule has 3 aromatic rings. The third kappa shape index (κ3) is 4.57. The van der Waals surface area contributed by atoms with Crippen LogP contribution in [0.5, 0.6) is 0 Å². The highest BCUT2D eigenvalue weighted by atomic mass is 16.5. The molecule has 1 saturated carbocycles. The van der Waals surface area contributed by atoms with Crippen molar-refractivity contribution >= 4 is 23.1 Å². The fourth-order valence-corrected chi connectivity index (χ4v) is 5.89. The molecule has 2 aromatic carbocycles. The molecule has 190 valence electrons. The Balaban J connectivity index is 1.59. The summed E-state index contributed by atoms with van der Waals surface area (Å²) in [6.45, 7) is 0.998. The van der Waals surface area contributed by atoms with Gasteiger partial charge in [0.05, 0.1) is 43.3 Å². The maximum atomic E-state index is 12.3. The number of carboxylic acid groups (broad SMARTS) is 1. The molecule has 0 radical (unpaired) electrons. The highest BCUT2D eigenvalue weighted by molar-refractivity contribution is 5.82. The number of aliphatic carboxylic acids is 1. The van der Waals surface area contributed by atoms with Gasteiger partial charge in [0, 0.05) is 18.0 Å². The maximum Gasteiger partial charge on any atom is 0.409 e. The second kappa shape index (κ2) is 10.3. The molecule has 2 aliphatic rings. The summed E-state index contributed by atoms with van der Waals surface area (Å²) in [5.74, 6) is -0.00386. The number of aliphatic hydroxyl groups is 1. The largest absolute Gasteiger partial charge is 0.481 e. The Morgan fingerprint density at radius 2 is 1.86 bits per heavy atom. The normalized spacial score (nSPS) is 20.7. The van der Waals surface area contributed by atoms with Gasteiger partial charge >= 0.3 is 12.1 Å². The summed E-state index contributed by atoms with van der Waals surface area (Å²) in [5.41, 5.74) is 5.15. The number of methoxy groups -OCH3 is 1. The fourth-order valence-electron chi connectivity index (χ4n) is 5.89. The van der Waals surface area contributed by atoms with E-state index < -0.39 is 5.97 Å². The number of imidazole rings is 1. The van der Waals surface area contributed by atoms with E-state index in [9.17, 15) is 19.8 Å². The lowest BCUT2D eigenvalue weighted by Crippen LogP contribution is -2.35. The Bertz CT molecular complexity index is 1250. The number of rotatable bonds is 6. The summed E-state index contributed by atoms with van der Waals surface area (Å²) in [5, 5.41) is 20.0. The highest BCUT2D eigenvalue weighted by Gasteiger charge is 2.33. The van der Waals surface area contributed by atoms with Crippen molar-refractivity contribution in [2.75, 3.05) is 20.3 Å². The summed E-state index contributed by atoms with van der Waals surface area (Å²) in [6, 6.07) is 14.1. The molecule has 1 amide bonds. The molecular formula is C28H33N3O5. The summed E-state index contributed by atoms with van der Waals surface area (Å²) in [7, 11) is 1.40. The third-order valence-electron chi connectivity index (χ3n) is 7.86. The Hall–Kier alpha value is -3.39. The molecule has 0 spiro atoms. The molecule has 36 heavy (non-hydrogen) atoms. The fraction of sp³-hybridized carbons (Fsp3) is 0.464. The Morgan fingerprint density at radius 3 is 2.53 bits per heavy atom. The zero-order valence-corrected chi connectivity index (χ0v) is 20.6. The number of hydrogen-bond acceptors (Lipinski definition) is 5.